The highest BCUT2D eigenvalue weighted by atomic mass is 35.5. The van der Waals surface area contributed by atoms with Crippen LogP contribution in [0.4, 0.5) is 18.9 Å². The number of nitro benzene ring substituents is 1. The fourth-order valence-electron chi connectivity index (χ4n) is 2.10. The van der Waals surface area contributed by atoms with Gasteiger partial charge in [-0.15, -0.1) is 0 Å². The summed E-state index contributed by atoms with van der Waals surface area (Å²) in [6, 6.07) is 2.70. The molecule has 0 aliphatic carbocycles. The Bertz CT molecular complexity index is 924. The molecule has 0 fully saturated rings. The van der Waals surface area contributed by atoms with Gasteiger partial charge in [-0.1, -0.05) is 18.5 Å². The van der Waals surface area contributed by atoms with E-state index in [1.807, 2.05) is 0 Å². The van der Waals surface area contributed by atoms with Crippen molar-refractivity contribution in [2.45, 2.75) is 13.8 Å². The lowest BCUT2D eigenvalue weighted by molar-refractivity contribution is -0.383. The Morgan fingerprint density at radius 2 is 1.88 bits per heavy atom. The Labute approximate surface area is 150 Å². The summed E-state index contributed by atoms with van der Waals surface area (Å²) in [5.41, 5.74) is -1.28. The molecule has 0 aliphatic rings. The van der Waals surface area contributed by atoms with Gasteiger partial charge in [0.25, 0.3) is 5.69 Å². The summed E-state index contributed by atoms with van der Waals surface area (Å²) in [6.07, 6.45) is -0.305. The summed E-state index contributed by atoms with van der Waals surface area (Å²) in [5.74, 6) is -5.63. The van der Waals surface area contributed by atoms with E-state index in [0.717, 1.165) is 25.1 Å². The lowest BCUT2D eigenvalue weighted by Crippen LogP contribution is -2.12. The second kappa shape index (κ2) is 7.26. The van der Waals surface area contributed by atoms with E-state index in [1.165, 1.54) is 6.92 Å². The van der Waals surface area contributed by atoms with E-state index in [4.69, 9.17) is 16.3 Å². The topological polar surface area (TPSA) is 89.7 Å². The molecule has 1 unspecified atom stereocenters. The van der Waals surface area contributed by atoms with Crippen molar-refractivity contribution < 1.29 is 32.3 Å². The predicted octanol–water partition coefficient (Wildman–Crippen LogP) is 4.68. The summed E-state index contributed by atoms with van der Waals surface area (Å²) in [7, 11) is -4.10. The van der Waals surface area contributed by atoms with Gasteiger partial charge in [0, 0.05) is 23.9 Å². The third kappa shape index (κ3) is 3.56. The minimum Gasteiger partial charge on any atom is -0.452 e. The van der Waals surface area contributed by atoms with Crippen LogP contribution in [0.5, 0.6) is 11.5 Å². The van der Waals surface area contributed by atoms with Gasteiger partial charge < -0.3 is 9.63 Å². The molecule has 0 saturated heterocycles. The van der Waals surface area contributed by atoms with Crippen LogP contribution in [0.3, 0.4) is 0 Å². The van der Waals surface area contributed by atoms with Crippen molar-refractivity contribution in [2.24, 2.45) is 0 Å². The molecule has 0 bridgehead atoms. The standard InChI is InChI=1S/C15H12ClF3NO5P/c1-3-26(23,24)10-6-8(4-5-9(10)20(21)22)25-15-11(16)12(17)7(2)13(18)14(15)19/h4-6H,3H2,1-2H3,(H,23,24). The monoisotopic (exact) mass is 409 g/mol. The number of halogens is 4. The molecule has 0 radical (unpaired) electrons. The highest BCUT2D eigenvalue weighted by Crippen LogP contribution is 2.44. The Hall–Kier alpha value is -2.09. The Morgan fingerprint density at radius 3 is 2.42 bits per heavy atom. The highest BCUT2D eigenvalue weighted by Gasteiger charge is 2.30. The van der Waals surface area contributed by atoms with Gasteiger partial charge in [0.1, 0.15) is 16.1 Å². The van der Waals surface area contributed by atoms with Crippen molar-refractivity contribution in [3.63, 3.8) is 0 Å². The fraction of sp³-hybridized carbons (Fsp3) is 0.200. The Kier molecular flexibility index (Phi) is 5.65. The molecule has 0 saturated carbocycles. The molecular weight excluding hydrogens is 398 g/mol. The van der Waals surface area contributed by atoms with Gasteiger partial charge in [-0.25, -0.2) is 8.78 Å². The molecule has 0 aromatic heterocycles. The first-order valence-corrected chi connectivity index (χ1v) is 9.34. The van der Waals surface area contributed by atoms with Crippen molar-refractivity contribution in [3.05, 3.63) is 56.4 Å². The van der Waals surface area contributed by atoms with E-state index in [-0.39, 0.29) is 11.9 Å². The largest absolute Gasteiger partial charge is 0.452 e. The van der Waals surface area contributed by atoms with Crippen LogP contribution in [0, 0.1) is 34.5 Å². The van der Waals surface area contributed by atoms with E-state index in [9.17, 15) is 32.7 Å². The molecule has 0 aliphatic heterocycles. The first-order chi connectivity index (χ1) is 12.0. The SMILES string of the molecule is CCP(=O)(O)c1cc(Oc2c(F)c(F)c(C)c(F)c2Cl)ccc1[N+](=O)[O-]. The highest BCUT2D eigenvalue weighted by molar-refractivity contribution is 7.66. The average molecular weight is 410 g/mol. The van der Waals surface area contributed by atoms with Crippen LogP contribution in [0.25, 0.3) is 0 Å². The van der Waals surface area contributed by atoms with E-state index in [1.54, 1.807) is 0 Å². The lowest BCUT2D eigenvalue weighted by atomic mass is 10.2. The molecular formula is C15H12ClF3NO5P. The van der Waals surface area contributed by atoms with Crippen LogP contribution in [0.1, 0.15) is 12.5 Å². The van der Waals surface area contributed by atoms with Crippen LogP contribution < -0.4 is 10.0 Å². The van der Waals surface area contributed by atoms with Crippen LogP contribution in [0.15, 0.2) is 18.2 Å². The first kappa shape index (κ1) is 20.2. The van der Waals surface area contributed by atoms with Crippen molar-refractivity contribution in [3.8, 4) is 11.5 Å². The van der Waals surface area contributed by atoms with Gasteiger partial charge in [0.2, 0.25) is 13.2 Å². The maximum Gasteiger partial charge on any atom is 0.282 e. The smallest absolute Gasteiger partial charge is 0.282 e. The van der Waals surface area contributed by atoms with Crippen LogP contribution in [-0.4, -0.2) is 16.0 Å². The molecule has 0 spiro atoms. The van der Waals surface area contributed by atoms with Gasteiger partial charge in [0.15, 0.2) is 17.4 Å². The third-order valence-corrected chi connectivity index (χ3v) is 5.92. The van der Waals surface area contributed by atoms with E-state index in [0.29, 0.717) is 0 Å². The third-order valence-electron chi connectivity index (χ3n) is 3.61. The molecule has 140 valence electrons. The summed E-state index contributed by atoms with van der Waals surface area (Å²) in [4.78, 5) is 20.1. The van der Waals surface area contributed by atoms with Crippen LogP contribution >= 0.6 is 19.0 Å². The molecule has 2 aromatic rings. The molecule has 11 heteroatoms. The zero-order valence-electron chi connectivity index (χ0n) is 13.4. The average Bonchev–Trinajstić information content (AvgIpc) is 2.61. The van der Waals surface area contributed by atoms with Gasteiger partial charge in [-0.05, 0) is 13.0 Å². The summed E-state index contributed by atoms with van der Waals surface area (Å²) < 4.78 is 58.8. The molecule has 0 amide bonds. The number of rotatable bonds is 5. The fourth-order valence-corrected chi connectivity index (χ4v) is 3.55. The normalized spacial score (nSPS) is 13.3. The molecule has 6 nitrogen and oxygen atoms in total. The number of nitro groups is 1. The maximum absolute atomic E-state index is 14.0. The minimum atomic E-state index is -4.10. The molecule has 26 heavy (non-hydrogen) atoms. The predicted molar refractivity (Wildman–Crippen MR) is 89.2 cm³/mol. The number of benzene rings is 2. The van der Waals surface area contributed by atoms with E-state index in [2.05, 4.69) is 0 Å². The van der Waals surface area contributed by atoms with Gasteiger partial charge in [0.05, 0.1) is 4.92 Å². The first-order valence-electron chi connectivity index (χ1n) is 7.12. The zero-order chi connectivity index (χ0) is 19.8. The van der Waals surface area contributed by atoms with Crippen molar-refractivity contribution in [2.75, 3.05) is 6.16 Å². The Balaban J connectivity index is 2.61. The van der Waals surface area contributed by atoms with Gasteiger partial charge >= 0.3 is 0 Å². The second-order valence-corrected chi connectivity index (χ2v) is 8.13. The maximum atomic E-state index is 14.0. The number of hydrogen-bond acceptors (Lipinski definition) is 4. The molecule has 2 rings (SSSR count). The van der Waals surface area contributed by atoms with Crippen molar-refractivity contribution in [1.29, 1.82) is 0 Å². The van der Waals surface area contributed by atoms with Crippen molar-refractivity contribution >= 4 is 30.0 Å². The summed E-state index contributed by atoms with van der Waals surface area (Å²) in [6.45, 7) is 2.33. The van der Waals surface area contributed by atoms with E-state index >= 15 is 0 Å². The number of ether oxygens (including phenoxy) is 1. The quantitative estimate of drug-likeness (QED) is 0.335. The van der Waals surface area contributed by atoms with Crippen LogP contribution in [-0.2, 0) is 4.57 Å². The minimum absolute atomic E-state index is 0.305. The number of hydrogen-bond donors (Lipinski definition) is 1. The van der Waals surface area contributed by atoms with Crippen molar-refractivity contribution in [1.82, 2.24) is 0 Å². The zero-order valence-corrected chi connectivity index (χ0v) is 15.1. The molecule has 2 aromatic carbocycles. The number of nitrogens with zero attached hydrogens (tertiary/aromatic N) is 1. The Morgan fingerprint density at radius 1 is 1.27 bits per heavy atom. The summed E-state index contributed by atoms with van der Waals surface area (Å²) >= 11 is 5.65. The summed E-state index contributed by atoms with van der Waals surface area (Å²) in [5, 5.41) is 9.68. The van der Waals surface area contributed by atoms with Crippen LogP contribution in [0.2, 0.25) is 5.02 Å². The molecule has 1 N–H and O–H groups in total. The molecule has 1 atom stereocenters. The van der Waals surface area contributed by atoms with Gasteiger partial charge in [-0.2, -0.15) is 4.39 Å². The van der Waals surface area contributed by atoms with Gasteiger partial charge in [-0.3, -0.25) is 14.7 Å². The molecule has 0 heterocycles. The lowest BCUT2D eigenvalue weighted by Gasteiger charge is -2.14. The van der Waals surface area contributed by atoms with E-state index < -0.39 is 57.1 Å². The second-order valence-electron chi connectivity index (χ2n) is 5.24.